The van der Waals surface area contributed by atoms with Crippen LogP contribution in [0.15, 0.2) is 109 Å². The molecule has 340 valence electrons. The van der Waals surface area contributed by atoms with Crippen LogP contribution in [-0.4, -0.2) is 86.5 Å². The predicted molar refractivity (Wildman–Crippen MR) is 253 cm³/mol. The molecule has 0 amide bonds. The number of carbonyl (C=O) groups is 2. The molecule has 0 rings (SSSR count). The molecule has 8 heteroatoms. The van der Waals surface area contributed by atoms with Crippen LogP contribution in [0.1, 0.15) is 148 Å². The van der Waals surface area contributed by atoms with Crippen LogP contribution in [0, 0.1) is 0 Å². The van der Waals surface area contributed by atoms with Crippen molar-refractivity contribution in [3.63, 3.8) is 0 Å². The third-order valence-electron chi connectivity index (χ3n) is 9.27. The number of nitrogens with zero attached hydrogens (tertiary/aromatic N) is 1. The van der Waals surface area contributed by atoms with E-state index in [1.807, 2.05) is 21.1 Å². The smallest absolute Gasteiger partial charge is 0.361 e. The molecule has 60 heavy (non-hydrogen) atoms. The normalized spacial score (nSPS) is 14.1. The number of carbonyl (C=O) groups excluding carboxylic acids is 1. The standard InChI is InChI=1S/C52H85NO7/c1-5-6-7-8-9-10-11-12-13-14-15-16-17-18-19-20-21-22-23-24-25-26-27-28-29-30-31-32-33-34-35-36-37-38-39-40-41-42-43-44-50(55)59-47-49(54)48-60-52(51(56)57)58-46-45-53(2,3)4/h6-7,9-10,12-13,15-16,18-19,21-22,24-25,27-28,30-31,49,52,54H,5,8,11,14,17,20,23,26,29,32-48H2,1-4H3/p+1/b7-6-,10-9-,13-12-,16-15-,19-18-,22-21-,25-24-,28-27-,31-30-. The fourth-order valence-corrected chi connectivity index (χ4v) is 5.71. The number of hydrogen-bond donors (Lipinski definition) is 2. The third kappa shape index (κ3) is 45.5. The zero-order chi connectivity index (χ0) is 44.0. The molecule has 0 aliphatic heterocycles. The number of allylic oxidation sites excluding steroid dienone is 18. The second-order valence-electron chi connectivity index (χ2n) is 16.2. The summed E-state index contributed by atoms with van der Waals surface area (Å²) in [6, 6.07) is 0. The fraction of sp³-hybridized carbons (Fsp3) is 0.615. The van der Waals surface area contributed by atoms with Crippen LogP contribution in [0.2, 0.25) is 0 Å². The average Bonchev–Trinajstić information content (AvgIpc) is 3.21. The molecule has 0 bridgehead atoms. The molecule has 0 saturated heterocycles. The summed E-state index contributed by atoms with van der Waals surface area (Å²) in [7, 11) is 5.91. The molecule has 0 aliphatic carbocycles. The van der Waals surface area contributed by atoms with Gasteiger partial charge in [0, 0.05) is 6.42 Å². The largest absolute Gasteiger partial charge is 0.477 e. The third-order valence-corrected chi connectivity index (χ3v) is 9.27. The molecule has 0 radical (unpaired) electrons. The lowest BCUT2D eigenvalue weighted by Crippen LogP contribution is -2.40. The minimum Gasteiger partial charge on any atom is -0.477 e. The summed E-state index contributed by atoms with van der Waals surface area (Å²) in [6.07, 6.45) is 61.5. The van der Waals surface area contributed by atoms with Gasteiger partial charge in [-0.25, -0.2) is 4.79 Å². The van der Waals surface area contributed by atoms with Gasteiger partial charge in [0.15, 0.2) is 0 Å². The Morgan fingerprint density at radius 3 is 1.25 bits per heavy atom. The number of rotatable bonds is 41. The highest BCUT2D eigenvalue weighted by molar-refractivity contribution is 5.70. The number of quaternary nitrogens is 1. The van der Waals surface area contributed by atoms with E-state index in [4.69, 9.17) is 14.2 Å². The van der Waals surface area contributed by atoms with Crippen molar-refractivity contribution in [3.8, 4) is 0 Å². The SMILES string of the molecule is CC/C=C\C/C=C\C/C=C\C/C=C\C/C=C\C/C=C\C/C=C\C/C=C\C/C=C\CCCCCCCCCCCCCC(=O)OCC(O)COC(OCC[N+](C)(C)C)C(=O)O. The van der Waals surface area contributed by atoms with Gasteiger partial charge in [-0.05, 0) is 77.0 Å². The van der Waals surface area contributed by atoms with Crippen LogP contribution in [0.25, 0.3) is 0 Å². The van der Waals surface area contributed by atoms with Crippen LogP contribution < -0.4 is 0 Å². The molecule has 0 fully saturated rings. The lowest BCUT2D eigenvalue weighted by molar-refractivity contribution is -0.870. The summed E-state index contributed by atoms with van der Waals surface area (Å²) in [5.41, 5.74) is 0. The maximum Gasteiger partial charge on any atom is 0.361 e. The Morgan fingerprint density at radius 2 is 0.867 bits per heavy atom. The highest BCUT2D eigenvalue weighted by Crippen LogP contribution is 2.13. The van der Waals surface area contributed by atoms with Gasteiger partial charge < -0.3 is 28.9 Å². The van der Waals surface area contributed by atoms with Crippen molar-refractivity contribution in [1.82, 2.24) is 0 Å². The Hall–Kier alpha value is -3.56. The number of aliphatic carboxylic acids is 1. The second kappa shape index (κ2) is 43.5. The first-order valence-electron chi connectivity index (χ1n) is 23.1. The number of hydrogen-bond acceptors (Lipinski definition) is 6. The van der Waals surface area contributed by atoms with E-state index in [1.165, 1.54) is 57.8 Å². The molecule has 8 nitrogen and oxygen atoms in total. The van der Waals surface area contributed by atoms with Gasteiger partial charge in [0.05, 0.1) is 34.4 Å². The van der Waals surface area contributed by atoms with Crippen molar-refractivity contribution in [1.29, 1.82) is 0 Å². The molecular weight excluding hydrogens is 751 g/mol. The molecule has 2 atom stereocenters. The van der Waals surface area contributed by atoms with E-state index in [-0.39, 0.29) is 25.8 Å². The molecule has 2 N–H and O–H groups in total. The number of aliphatic hydroxyl groups is 1. The van der Waals surface area contributed by atoms with E-state index in [2.05, 4.69) is 116 Å². The molecule has 0 aromatic rings. The highest BCUT2D eigenvalue weighted by Gasteiger charge is 2.22. The molecular formula is C52H86NO7+. The number of ether oxygens (including phenoxy) is 3. The summed E-state index contributed by atoms with van der Waals surface area (Å²) in [6.45, 7) is 2.45. The van der Waals surface area contributed by atoms with Crippen molar-refractivity contribution in [3.05, 3.63) is 109 Å². The predicted octanol–water partition coefficient (Wildman–Crippen LogP) is 12.6. The van der Waals surface area contributed by atoms with Gasteiger partial charge in [0.1, 0.15) is 19.3 Å². The molecule has 0 spiro atoms. The maximum absolute atomic E-state index is 12.0. The Morgan fingerprint density at radius 1 is 0.500 bits per heavy atom. The van der Waals surface area contributed by atoms with E-state index in [0.717, 1.165) is 77.0 Å². The molecule has 2 unspecified atom stereocenters. The van der Waals surface area contributed by atoms with Crippen LogP contribution in [0.4, 0.5) is 0 Å². The van der Waals surface area contributed by atoms with Gasteiger partial charge in [-0.3, -0.25) is 4.79 Å². The van der Waals surface area contributed by atoms with Crippen LogP contribution >= 0.6 is 0 Å². The molecule has 0 aliphatic rings. The quantitative estimate of drug-likeness (QED) is 0.0208. The van der Waals surface area contributed by atoms with Crippen molar-refractivity contribution in [2.75, 3.05) is 47.5 Å². The lowest BCUT2D eigenvalue weighted by atomic mass is 10.0. The number of carboxylic acid groups (broad SMARTS) is 1. The highest BCUT2D eigenvalue weighted by atomic mass is 16.7. The van der Waals surface area contributed by atoms with Gasteiger partial charge in [0.2, 0.25) is 0 Å². The van der Waals surface area contributed by atoms with Gasteiger partial charge in [-0.1, -0.05) is 174 Å². The van der Waals surface area contributed by atoms with Gasteiger partial charge in [-0.15, -0.1) is 0 Å². The number of carboxylic acids is 1. The van der Waals surface area contributed by atoms with E-state index >= 15 is 0 Å². The summed E-state index contributed by atoms with van der Waals surface area (Å²) in [4.78, 5) is 23.3. The van der Waals surface area contributed by atoms with Crippen molar-refractivity contribution in [2.45, 2.75) is 161 Å². The van der Waals surface area contributed by atoms with Crippen LogP contribution in [0.3, 0.4) is 0 Å². The maximum atomic E-state index is 12.0. The van der Waals surface area contributed by atoms with E-state index in [9.17, 15) is 19.8 Å². The summed E-state index contributed by atoms with van der Waals surface area (Å²) < 4.78 is 16.2. The zero-order valence-corrected chi connectivity index (χ0v) is 38.3. The number of aliphatic hydroxyl groups excluding tert-OH is 1. The van der Waals surface area contributed by atoms with E-state index in [1.54, 1.807) is 0 Å². The first kappa shape index (κ1) is 56.4. The zero-order valence-electron chi connectivity index (χ0n) is 38.3. The topological polar surface area (TPSA) is 102 Å². The Labute approximate surface area is 366 Å². The van der Waals surface area contributed by atoms with E-state index < -0.39 is 18.4 Å². The Bertz CT molecular complexity index is 1280. The second-order valence-corrected chi connectivity index (χ2v) is 16.2. The van der Waals surface area contributed by atoms with Gasteiger partial charge in [-0.2, -0.15) is 0 Å². The number of unbranched alkanes of at least 4 members (excludes halogenated alkanes) is 11. The number of likely N-dealkylation sites (N-methyl/N-ethyl adjacent to an activating group) is 1. The molecule has 0 saturated carbocycles. The summed E-state index contributed by atoms with van der Waals surface area (Å²) in [5, 5.41) is 19.3. The van der Waals surface area contributed by atoms with Crippen molar-refractivity contribution >= 4 is 11.9 Å². The monoisotopic (exact) mass is 837 g/mol. The van der Waals surface area contributed by atoms with E-state index in [0.29, 0.717) is 17.4 Å². The molecule has 0 aromatic carbocycles. The van der Waals surface area contributed by atoms with Crippen LogP contribution in [-0.2, 0) is 23.8 Å². The molecule has 0 aromatic heterocycles. The fourth-order valence-electron chi connectivity index (χ4n) is 5.71. The first-order chi connectivity index (χ1) is 29.2. The lowest BCUT2D eigenvalue weighted by Gasteiger charge is -2.24. The van der Waals surface area contributed by atoms with Gasteiger partial charge >= 0.3 is 11.9 Å². The minimum atomic E-state index is -1.47. The minimum absolute atomic E-state index is 0.205. The van der Waals surface area contributed by atoms with Gasteiger partial charge in [0.25, 0.3) is 6.29 Å². The van der Waals surface area contributed by atoms with Crippen molar-refractivity contribution in [2.24, 2.45) is 0 Å². The molecule has 0 heterocycles. The Kier molecular flexibility index (Phi) is 40.9. The van der Waals surface area contributed by atoms with Crippen molar-refractivity contribution < 1.29 is 38.5 Å². The number of esters is 1. The summed E-state index contributed by atoms with van der Waals surface area (Å²) in [5.74, 6) is -1.62. The first-order valence-corrected chi connectivity index (χ1v) is 23.1. The Balaban J connectivity index is 3.57. The summed E-state index contributed by atoms with van der Waals surface area (Å²) >= 11 is 0. The average molecular weight is 837 g/mol. The van der Waals surface area contributed by atoms with Crippen LogP contribution in [0.5, 0.6) is 0 Å².